The molecule has 1 fully saturated rings. The van der Waals surface area contributed by atoms with Crippen molar-refractivity contribution in [1.82, 2.24) is 4.98 Å². The Morgan fingerprint density at radius 3 is 2.79 bits per heavy atom. The summed E-state index contributed by atoms with van der Waals surface area (Å²) in [6.45, 7) is 1.91. The maximum absolute atomic E-state index is 13.8. The summed E-state index contributed by atoms with van der Waals surface area (Å²) in [4.78, 5) is 43.3. The lowest BCUT2D eigenvalue weighted by Gasteiger charge is -2.22. The number of ether oxygens (including phenoxy) is 1. The highest BCUT2D eigenvalue weighted by molar-refractivity contribution is 7.22. The second kappa shape index (κ2) is 8.73. The van der Waals surface area contributed by atoms with Crippen molar-refractivity contribution in [2.24, 2.45) is 0 Å². The number of Topliss-reactive ketones (excluding diaryl/α,β-unsaturated/α-hetero) is 1. The Bertz CT molecular complexity index is 1710. The normalized spacial score (nSPS) is 20.1. The zero-order valence-corrected chi connectivity index (χ0v) is 20.6. The molecule has 4 aromatic rings. The van der Waals surface area contributed by atoms with E-state index in [4.69, 9.17) is 4.74 Å². The van der Waals surface area contributed by atoms with Gasteiger partial charge in [-0.2, -0.15) is 0 Å². The molecule has 2 aliphatic rings. The molecule has 1 amide bonds. The van der Waals surface area contributed by atoms with Gasteiger partial charge in [0.05, 0.1) is 26.8 Å². The predicted molar refractivity (Wildman–Crippen MR) is 138 cm³/mol. The molecule has 38 heavy (non-hydrogen) atoms. The molecule has 6 rings (SSSR count). The topological polar surface area (TPSA) is 123 Å². The number of hydrogen-bond acceptors (Lipinski definition) is 8. The number of nitrogens with zero attached hydrogens (tertiary/aromatic N) is 3. The number of aliphatic hydroxyl groups excluding tert-OH is 1. The molecule has 3 aromatic carbocycles. The number of anilines is 1. The third-order valence-corrected chi connectivity index (χ3v) is 7.57. The van der Waals surface area contributed by atoms with Gasteiger partial charge < -0.3 is 9.84 Å². The molecule has 0 radical (unpaired) electrons. The van der Waals surface area contributed by atoms with Crippen LogP contribution in [0.15, 0.2) is 66.2 Å². The number of nitro benzene ring substituents is 1. The van der Waals surface area contributed by atoms with Crippen LogP contribution >= 0.6 is 11.3 Å². The molecule has 1 N–H and O–H groups in total. The summed E-state index contributed by atoms with van der Waals surface area (Å²) >= 11 is 0.997. The number of ketones is 1. The minimum absolute atomic E-state index is 0.0401. The fourth-order valence-electron chi connectivity index (χ4n) is 4.87. The SMILES string of the molecule is C[C@H]1Cc2cc(C(O)=C3C(=O)C(=O)N(c4nc5ccc(F)cc5s4)[C@H]3c3cccc([N+](=O)[O-])c3)ccc2O1. The molecule has 3 heterocycles. The number of thiazole rings is 1. The fraction of sp³-hybridized carbons (Fsp3) is 0.148. The average Bonchev–Trinajstić information content (AvgIpc) is 3.55. The highest BCUT2D eigenvalue weighted by Gasteiger charge is 2.48. The van der Waals surface area contributed by atoms with Crippen molar-refractivity contribution in [2.75, 3.05) is 4.90 Å². The van der Waals surface area contributed by atoms with Crippen LogP contribution in [0.1, 0.15) is 29.7 Å². The minimum Gasteiger partial charge on any atom is -0.507 e. The van der Waals surface area contributed by atoms with Crippen LogP contribution in [0.3, 0.4) is 0 Å². The van der Waals surface area contributed by atoms with Crippen LogP contribution in [-0.2, 0) is 16.0 Å². The lowest BCUT2D eigenvalue weighted by atomic mass is 9.94. The number of rotatable bonds is 4. The largest absolute Gasteiger partial charge is 0.507 e. The number of carbonyl (C=O) groups is 2. The molecule has 1 aromatic heterocycles. The number of aliphatic hydroxyl groups is 1. The first-order valence-electron chi connectivity index (χ1n) is 11.6. The third-order valence-electron chi connectivity index (χ3n) is 6.56. The zero-order chi connectivity index (χ0) is 26.7. The first-order valence-corrected chi connectivity index (χ1v) is 12.4. The molecule has 1 saturated heterocycles. The standard InChI is InChI=1S/C27H18FN3O6S/c1-13-9-16-10-15(5-8-20(16)37-13)24(32)22-23(14-3-2-4-18(11-14)31(35)36)30(26(34)25(22)33)27-29-19-7-6-17(28)12-21(19)38-27/h2-8,10-13,23,32H,9H2,1H3/t13-,23-/m0/s1. The van der Waals surface area contributed by atoms with E-state index in [2.05, 4.69) is 4.98 Å². The molecule has 2 aliphatic heterocycles. The number of amides is 1. The van der Waals surface area contributed by atoms with Crippen LogP contribution in [0.2, 0.25) is 0 Å². The van der Waals surface area contributed by atoms with Gasteiger partial charge in [0.1, 0.15) is 23.4 Å². The smallest absolute Gasteiger partial charge is 0.301 e. The Labute approximate surface area is 218 Å². The number of benzene rings is 3. The molecule has 0 aliphatic carbocycles. The molecule has 11 heteroatoms. The van der Waals surface area contributed by atoms with Gasteiger partial charge in [0.15, 0.2) is 5.13 Å². The van der Waals surface area contributed by atoms with E-state index >= 15 is 0 Å². The minimum atomic E-state index is -1.20. The van der Waals surface area contributed by atoms with Gasteiger partial charge in [-0.25, -0.2) is 9.37 Å². The van der Waals surface area contributed by atoms with Crippen molar-refractivity contribution in [3.63, 3.8) is 0 Å². The predicted octanol–water partition coefficient (Wildman–Crippen LogP) is 5.29. The van der Waals surface area contributed by atoms with Crippen molar-refractivity contribution in [2.45, 2.75) is 25.5 Å². The Kier molecular flexibility index (Phi) is 5.46. The molecule has 0 spiro atoms. The maximum Gasteiger partial charge on any atom is 0.301 e. The first-order chi connectivity index (χ1) is 18.2. The summed E-state index contributed by atoms with van der Waals surface area (Å²) in [5, 5.41) is 23.0. The summed E-state index contributed by atoms with van der Waals surface area (Å²) < 4.78 is 20.0. The van der Waals surface area contributed by atoms with Crippen LogP contribution < -0.4 is 9.64 Å². The number of carbonyl (C=O) groups excluding carboxylic acids is 2. The second-order valence-electron chi connectivity index (χ2n) is 9.08. The number of fused-ring (bicyclic) bond motifs is 2. The zero-order valence-electron chi connectivity index (χ0n) is 19.8. The molecule has 190 valence electrons. The van der Waals surface area contributed by atoms with E-state index < -0.39 is 34.2 Å². The lowest BCUT2D eigenvalue weighted by molar-refractivity contribution is -0.384. The van der Waals surface area contributed by atoms with E-state index in [1.165, 1.54) is 42.5 Å². The number of aromatic nitrogens is 1. The van der Waals surface area contributed by atoms with Crippen molar-refractivity contribution < 1.29 is 28.7 Å². The van der Waals surface area contributed by atoms with E-state index in [0.29, 0.717) is 28.0 Å². The first kappa shape index (κ1) is 23.7. The molecule has 2 atom stereocenters. The van der Waals surface area contributed by atoms with Gasteiger partial charge in [0.25, 0.3) is 11.5 Å². The fourth-order valence-corrected chi connectivity index (χ4v) is 5.88. The van der Waals surface area contributed by atoms with E-state index in [1.54, 1.807) is 18.2 Å². The highest BCUT2D eigenvalue weighted by atomic mass is 32.1. The van der Waals surface area contributed by atoms with Crippen LogP contribution in [0, 0.1) is 15.9 Å². The number of halogens is 1. The molecular formula is C27H18FN3O6S. The van der Waals surface area contributed by atoms with Gasteiger partial charge in [-0.1, -0.05) is 23.5 Å². The van der Waals surface area contributed by atoms with Gasteiger partial charge in [0, 0.05) is 24.1 Å². The lowest BCUT2D eigenvalue weighted by Crippen LogP contribution is -2.29. The highest BCUT2D eigenvalue weighted by Crippen LogP contribution is 2.45. The average molecular weight is 532 g/mol. The van der Waals surface area contributed by atoms with Gasteiger partial charge in [-0.3, -0.25) is 24.6 Å². The van der Waals surface area contributed by atoms with E-state index in [-0.39, 0.29) is 28.1 Å². The quantitative estimate of drug-likeness (QED) is 0.125. The summed E-state index contributed by atoms with van der Waals surface area (Å²) in [5.74, 6) is -2.15. The summed E-state index contributed by atoms with van der Waals surface area (Å²) in [7, 11) is 0. The number of hydrogen-bond donors (Lipinski definition) is 1. The number of non-ortho nitro benzene ring substituents is 1. The van der Waals surface area contributed by atoms with Crippen molar-refractivity contribution >= 4 is 49.8 Å². The van der Waals surface area contributed by atoms with Gasteiger partial charge in [-0.15, -0.1) is 0 Å². The third kappa shape index (κ3) is 3.79. The Morgan fingerprint density at radius 2 is 2.00 bits per heavy atom. The number of nitro groups is 1. The Balaban J connectivity index is 1.56. The molecular weight excluding hydrogens is 513 g/mol. The van der Waals surface area contributed by atoms with E-state index in [1.807, 2.05) is 6.92 Å². The van der Waals surface area contributed by atoms with Crippen molar-refractivity contribution in [3.05, 3.63) is 98.9 Å². The summed E-state index contributed by atoms with van der Waals surface area (Å²) in [6.07, 6.45) is 0.572. The molecule has 0 saturated carbocycles. The van der Waals surface area contributed by atoms with Crippen molar-refractivity contribution in [3.8, 4) is 5.75 Å². The van der Waals surface area contributed by atoms with Crippen LogP contribution in [-0.4, -0.2) is 32.8 Å². The van der Waals surface area contributed by atoms with E-state index in [9.17, 15) is 29.2 Å². The van der Waals surface area contributed by atoms with Crippen molar-refractivity contribution in [1.29, 1.82) is 0 Å². The summed E-state index contributed by atoms with van der Waals surface area (Å²) in [5.41, 5.74) is 1.33. The molecule has 9 nitrogen and oxygen atoms in total. The maximum atomic E-state index is 13.8. The van der Waals surface area contributed by atoms with Gasteiger partial charge >= 0.3 is 5.91 Å². The Hall–Kier alpha value is -4.64. The van der Waals surface area contributed by atoms with Crippen LogP contribution in [0.25, 0.3) is 16.0 Å². The monoisotopic (exact) mass is 531 g/mol. The molecule has 0 unspecified atom stereocenters. The van der Waals surface area contributed by atoms with Crippen LogP contribution in [0.5, 0.6) is 5.75 Å². The Morgan fingerprint density at radius 1 is 1.18 bits per heavy atom. The van der Waals surface area contributed by atoms with E-state index in [0.717, 1.165) is 21.8 Å². The summed E-state index contributed by atoms with van der Waals surface area (Å²) in [6, 6.07) is 13.2. The second-order valence-corrected chi connectivity index (χ2v) is 10.1. The van der Waals surface area contributed by atoms with Gasteiger partial charge in [0.2, 0.25) is 0 Å². The van der Waals surface area contributed by atoms with Crippen LogP contribution in [0.4, 0.5) is 15.2 Å². The van der Waals surface area contributed by atoms with Gasteiger partial charge in [-0.05, 0) is 54.4 Å². The molecule has 0 bridgehead atoms.